The van der Waals surface area contributed by atoms with E-state index in [0.717, 1.165) is 6.54 Å². The molecule has 0 heterocycles. The summed E-state index contributed by atoms with van der Waals surface area (Å²) in [7, 11) is 0. The lowest BCUT2D eigenvalue weighted by Gasteiger charge is -2.29. The van der Waals surface area contributed by atoms with Gasteiger partial charge in [0, 0.05) is 19.0 Å². The highest BCUT2D eigenvalue weighted by Crippen LogP contribution is 2.18. The predicted molar refractivity (Wildman–Crippen MR) is 59.5 cm³/mol. The van der Waals surface area contributed by atoms with E-state index in [4.69, 9.17) is 0 Å². The Bertz CT molecular complexity index is 223. The fraction of sp³-hybridized carbons (Fsp3) is 0.909. The number of carbonyl (C=O) groups excluding carboxylic acids is 1. The summed E-state index contributed by atoms with van der Waals surface area (Å²) < 4.78 is 0. The molecule has 0 aromatic heterocycles. The minimum Gasteiger partial charge on any atom is -0.391 e. The summed E-state index contributed by atoms with van der Waals surface area (Å²) in [6.07, 6.45) is 2.41. The van der Waals surface area contributed by atoms with Gasteiger partial charge in [0.05, 0.1) is 11.6 Å². The Morgan fingerprint density at radius 3 is 2.60 bits per heavy atom. The topological polar surface area (TPSA) is 61.4 Å². The van der Waals surface area contributed by atoms with E-state index in [1.165, 1.54) is 12.8 Å². The first kappa shape index (κ1) is 12.5. The Morgan fingerprint density at radius 2 is 2.13 bits per heavy atom. The summed E-state index contributed by atoms with van der Waals surface area (Å²) in [6, 6.07) is 0.641. The van der Waals surface area contributed by atoms with Crippen LogP contribution in [0.4, 0.5) is 0 Å². The molecular weight excluding hydrogens is 192 g/mol. The van der Waals surface area contributed by atoms with Crippen LogP contribution in [-0.2, 0) is 4.79 Å². The van der Waals surface area contributed by atoms with Crippen molar-refractivity contribution in [3.63, 3.8) is 0 Å². The summed E-state index contributed by atoms with van der Waals surface area (Å²) in [5.74, 6) is -0.00551. The number of carbonyl (C=O) groups is 1. The van der Waals surface area contributed by atoms with Gasteiger partial charge in [0.25, 0.3) is 0 Å². The molecule has 0 radical (unpaired) electrons. The minimum atomic E-state index is -0.545. The van der Waals surface area contributed by atoms with Crippen LogP contribution in [0.3, 0.4) is 0 Å². The second-order valence-electron chi connectivity index (χ2n) is 4.92. The van der Waals surface area contributed by atoms with Crippen molar-refractivity contribution in [2.45, 2.75) is 57.7 Å². The molecular formula is C11H22N2O2. The van der Waals surface area contributed by atoms with Crippen molar-refractivity contribution in [2.75, 3.05) is 6.54 Å². The molecule has 1 unspecified atom stereocenters. The molecule has 0 bridgehead atoms. The Hall–Kier alpha value is -0.610. The number of hydrogen-bond donors (Lipinski definition) is 3. The van der Waals surface area contributed by atoms with Crippen molar-refractivity contribution in [3.05, 3.63) is 0 Å². The van der Waals surface area contributed by atoms with Gasteiger partial charge in [0.1, 0.15) is 0 Å². The van der Waals surface area contributed by atoms with E-state index in [-0.39, 0.29) is 5.91 Å². The molecule has 1 atom stereocenters. The van der Waals surface area contributed by atoms with Crippen LogP contribution < -0.4 is 10.6 Å². The van der Waals surface area contributed by atoms with Crippen LogP contribution in [0.15, 0.2) is 0 Å². The monoisotopic (exact) mass is 214 g/mol. The van der Waals surface area contributed by atoms with Gasteiger partial charge in [-0.15, -0.1) is 0 Å². The van der Waals surface area contributed by atoms with Crippen molar-refractivity contribution in [3.8, 4) is 0 Å². The van der Waals surface area contributed by atoms with Crippen LogP contribution in [0.25, 0.3) is 0 Å². The van der Waals surface area contributed by atoms with E-state index < -0.39 is 11.6 Å². The fourth-order valence-electron chi connectivity index (χ4n) is 1.20. The summed E-state index contributed by atoms with van der Waals surface area (Å²) in [5, 5.41) is 15.5. The quantitative estimate of drug-likeness (QED) is 0.600. The Labute approximate surface area is 91.4 Å². The van der Waals surface area contributed by atoms with Gasteiger partial charge in [-0.25, -0.2) is 0 Å². The van der Waals surface area contributed by atoms with Gasteiger partial charge in [0.2, 0.25) is 5.91 Å². The highest BCUT2D eigenvalue weighted by Gasteiger charge is 2.26. The number of rotatable bonds is 6. The van der Waals surface area contributed by atoms with E-state index in [1.54, 1.807) is 6.92 Å². The first-order valence-corrected chi connectivity index (χ1v) is 5.64. The molecule has 0 saturated heterocycles. The molecule has 0 aromatic carbocycles. The molecule has 1 saturated carbocycles. The molecule has 4 heteroatoms. The zero-order valence-electron chi connectivity index (χ0n) is 9.84. The maximum atomic E-state index is 11.5. The number of nitrogens with one attached hydrogen (secondary N) is 2. The maximum Gasteiger partial charge on any atom is 0.221 e. The Balaban J connectivity index is 2.15. The number of aliphatic hydroxyl groups excluding tert-OH is 1. The van der Waals surface area contributed by atoms with Gasteiger partial charge in [-0.1, -0.05) is 0 Å². The molecule has 88 valence electrons. The van der Waals surface area contributed by atoms with Crippen molar-refractivity contribution >= 4 is 5.91 Å². The second kappa shape index (κ2) is 4.94. The van der Waals surface area contributed by atoms with Gasteiger partial charge in [-0.3, -0.25) is 4.79 Å². The maximum absolute atomic E-state index is 11.5. The summed E-state index contributed by atoms with van der Waals surface area (Å²) in [5.41, 5.74) is -0.545. The van der Waals surface area contributed by atoms with Crippen molar-refractivity contribution in [1.29, 1.82) is 0 Å². The number of hydrogen-bond acceptors (Lipinski definition) is 3. The van der Waals surface area contributed by atoms with Gasteiger partial charge < -0.3 is 15.7 Å². The zero-order chi connectivity index (χ0) is 11.5. The van der Waals surface area contributed by atoms with Gasteiger partial charge >= 0.3 is 0 Å². The van der Waals surface area contributed by atoms with Gasteiger partial charge in [0.15, 0.2) is 0 Å². The minimum absolute atomic E-state index is 0.00551. The number of aliphatic hydroxyl groups is 1. The van der Waals surface area contributed by atoms with Crippen molar-refractivity contribution in [1.82, 2.24) is 10.6 Å². The SMILES string of the molecule is CC(O)C(C)(C)NC(=O)CCNC1CC1. The fourth-order valence-corrected chi connectivity index (χ4v) is 1.20. The van der Waals surface area contributed by atoms with Gasteiger partial charge in [-0.2, -0.15) is 0 Å². The molecule has 1 aliphatic rings. The van der Waals surface area contributed by atoms with Gasteiger partial charge in [-0.05, 0) is 33.6 Å². The lowest BCUT2D eigenvalue weighted by atomic mass is 9.98. The number of amides is 1. The third-order valence-corrected chi connectivity index (χ3v) is 2.87. The average molecular weight is 214 g/mol. The molecule has 0 spiro atoms. The third kappa shape index (κ3) is 4.62. The van der Waals surface area contributed by atoms with Crippen LogP contribution >= 0.6 is 0 Å². The molecule has 4 nitrogen and oxygen atoms in total. The summed E-state index contributed by atoms with van der Waals surface area (Å²) in [4.78, 5) is 11.5. The summed E-state index contributed by atoms with van der Waals surface area (Å²) >= 11 is 0. The molecule has 0 aliphatic heterocycles. The van der Waals surface area contributed by atoms with Crippen molar-refractivity contribution < 1.29 is 9.90 Å². The largest absolute Gasteiger partial charge is 0.391 e. The smallest absolute Gasteiger partial charge is 0.221 e. The first-order valence-electron chi connectivity index (χ1n) is 5.64. The third-order valence-electron chi connectivity index (χ3n) is 2.87. The van der Waals surface area contributed by atoms with E-state index in [0.29, 0.717) is 12.5 Å². The molecule has 0 aromatic rings. The lowest BCUT2D eigenvalue weighted by Crippen LogP contribution is -2.51. The standard InChI is InChI=1S/C11H22N2O2/c1-8(14)11(2,3)13-10(15)6-7-12-9-4-5-9/h8-9,12,14H,4-7H2,1-3H3,(H,13,15). The zero-order valence-corrected chi connectivity index (χ0v) is 9.84. The molecule has 3 N–H and O–H groups in total. The molecule has 1 amide bonds. The van der Waals surface area contributed by atoms with E-state index in [2.05, 4.69) is 10.6 Å². The second-order valence-corrected chi connectivity index (χ2v) is 4.92. The van der Waals surface area contributed by atoms with E-state index in [1.807, 2.05) is 13.8 Å². The first-order chi connectivity index (χ1) is 6.92. The van der Waals surface area contributed by atoms with Crippen LogP contribution in [0.5, 0.6) is 0 Å². The Morgan fingerprint density at radius 1 is 1.53 bits per heavy atom. The highest BCUT2D eigenvalue weighted by atomic mass is 16.3. The summed E-state index contributed by atoms with van der Waals surface area (Å²) in [6.45, 7) is 6.06. The van der Waals surface area contributed by atoms with Crippen LogP contribution in [-0.4, -0.2) is 35.2 Å². The Kier molecular flexibility index (Phi) is 4.11. The molecule has 1 aliphatic carbocycles. The van der Waals surface area contributed by atoms with E-state index >= 15 is 0 Å². The predicted octanol–water partition coefficient (Wildman–Crippen LogP) is 0.404. The van der Waals surface area contributed by atoms with Crippen molar-refractivity contribution in [2.24, 2.45) is 0 Å². The van der Waals surface area contributed by atoms with Crippen LogP contribution in [0.1, 0.15) is 40.0 Å². The molecule has 15 heavy (non-hydrogen) atoms. The van der Waals surface area contributed by atoms with E-state index in [9.17, 15) is 9.90 Å². The van der Waals surface area contributed by atoms with Crippen LogP contribution in [0.2, 0.25) is 0 Å². The molecule has 1 rings (SSSR count). The normalized spacial score (nSPS) is 18.7. The van der Waals surface area contributed by atoms with Crippen LogP contribution in [0, 0.1) is 0 Å². The highest BCUT2D eigenvalue weighted by molar-refractivity contribution is 5.76. The molecule has 1 fully saturated rings. The average Bonchev–Trinajstić information content (AvgIpc) is 2.86. The lowest BCUT2D eigenvalue weighted by molar-refractivity contribution is -0.123.